The fraction of sp³-hybridized carbons (Fsp3) is 0.500. The lowest BCUT2D eigenvalue weighted by Crippen LogP contribution is -2.41. The van der Waals surface area contributed by atoms with Crippen molar-refractivity contribution in [3.8, 4) is 0 Å². The summed E-state index contributed by atoms with van der Waals surface area (Å²) in [7, 11) is 1.76. The van der Waals surface area contributed by atoms with Crippen molar-refractivity contribution >= 4 is 17.4 Å². The van der Waals surface area contributed by atoms with Crippen molar-refractivity contribution < 1.29 is 9.72 Å². The van der Waals surface area contributed by atoms with Gasteiger partial charge in [0.05, 0.1) is 4.92 Å². The highest BCUT2D eigenvalue weighted by atomic mass is 16.6. The standard InChI is InChI=1S/C12H16N4O3/c1-8-3-5-13-12(11(8)16(18)19)14-9-4-6-15(2)10(17)7-9/h3,5,9H,4,6-7H2,1-2H3,(H,13,14). The Labute approximate surface area is 110 Å². The first-order chi connectivity index (χ1) is 8.99. The molecular formula is C12H16N4O3. The molecule has 1 amide bonds. The third-order valence-electron chi connectivity index (χ3n) is 3.31. The first-order valence-electron chi connectivity index (χ1n) is 6.09. The maximum Gasteiger partial charge on any atom is 0.314 e. The zero-order valence-corrected chi connectivity index (χ0v) is 10.9. The molecule has 1 unspecified atom stereocenters. The van der Waals surface area contributed by atoms with E-state index in [1.807, 2.05) is 0 Å². The lowest BCUT2D eigenvalue weighted by atomic mass is 10.0. The summed E-state index contributed by atoms with van der Waals surface area (Å²) in [6.07, 6.45) is 2.62. The second-order valence-corrected chi connectivity index (χ2v) is 4.73. The van der Waals surface area contributed by atoms with Gasteiger partial charge in [-0.25, -0.2) is 4.98 Å². The Morgan fingerprint density at radius 2 is 2.32 bits per heavy atom. The van der Waals surface area contributed by atoms with E-state index in [-0.39, 0.29) is 23.5 Å². The third-order valence-corrected chi connectivity index (χ3v) is 3.31. The van der Waals surface area contributed by atoms with E-state index in [1.165, 1.54) is 6.20 Å². The number of piperidine rings is 1. The molecule has 19 heavy (non-hydrogen) atoms. The predicted molar refractivity (Wildman–Crippen MR) is 69.9 cm³/mol. The summed E-state index contributed by atoms with van der Waals surface area (Å²) in [5, 5.41) is 14.1. The summed E-state index contributed by atoms with van der Waals surface area (Å²) in [6.45, 7) is 2.32. The Morgan fingerprint density at radius 3 is 2.95 bits per heavy atom. The molecule has 1 atom stereocenters. The van der Waals surface area contributed by atoms with Crippen molar-refractivity contribution in [2.45, 2.75) is 25.8 Å². The Balaban J connectivity index is 2.18. The van der Waals surface area contributed by atoms with E-state index in [0.29, 0.717) is 18.5 Å². The van der Waals surface area contributed by atoms with Gasteiger partial charge in [0.25, 0.3) is 0 Å². The zero-order chi connectivity index (χ0) is 14.0. The van der Waals surface area contributed by atoms with Crippen LogP contribution < -0.4 is 5.32 Å². The van der Waals surface area contributed by atoms with Crippen LogP contribution in [0.25, 0.3) is 0 Å². The number of aromatic nitrogens is 1. The summed E-state index contributed by atoms with van der Waals surface area (Å²) < 4.78 is 0. The van der Waals surface area contributed by atoms with Crippen LogP contribution >= 0.6 is 0 Å². The molecule has 0 saturated carbocycles. The van der Waals surface area contributed by atoms with E-state index in [1.54, 1.807) is 24.9 Å². The molecule has 0 radical (unpaired) electrons. The maximum absolute atomic E-state index is 11.6. The smallest absolute Gasteiger partial charge is 0.314 e. The van der Waals surface area contributed by atoms with Crippen LogP contribution in [0, 0.1) is 17.0 Å². The van der Waals surface area contributed by atoms with Crippen LogP contribution in [-0.4, -0.2) is 40.3 Å². The number of hydrogen-bond donors (Lipinski definition) is 1. The molecule has 0 aliphatic carbocycles. The molecule has 102 valence electrons. The SMILES string of the molecule is Cc1ccnc(NC2CCN(C)C(=O)C2)c1[N+](=O)[O-]. The van der Waals surface area contributed by atoms with E-state index in [2.05, 4.69) is 10.3 Å². The first-order valence-corrected chi connectivity index (χ1v) is 6.09. The van der Waals surface area contributed by atoms with Crippen LogP contribution in [0.15, 0.2) is 12.3 Å². The molecule has 7 heteroatoms. The van der Waals surface area contributed by atoms with Gasteiger partial charge in [0, 0.05) is 37.8 Å². The molecule has 1 aromatic rings. The van der Waals surface area contributed by atoms with Crippen molar-refractivity contribution in [2.24, 2.45) is 0 Å². The van der Waals surface area contributed by atoms with E-state index < -0.39 is 4.92 Å². The second kappa shape index (κ2) is 5.21. The summed E-state index contributed by atoms with van der Waals surface area (Å²) >= 11 is 0. The van der Waals surface area contributed by atoms with Crippen LogP contribution in [0.1, 0.15) is 18.4 Å². The molecule has 1 N–H and O–H groups in total. The van der Waals surface area contributed by atoms with Crippen molar-refractivity contribution in [3.05, 3.63) is 27.9 Å². The average molecular weight is 264 g/mol. The number of amides is 1. The molecule has 1 aliphatic rings. The Hall–Kier alpha value is -2.18. The van der Waals surface area contributed by atoms with E-state index >= 15 is 0 Å². The zero-order valence-electron chi connectivity index (χ0n) is 10.9. The normalized spacial score (nSPS) is 19.4. The van der Waals surface area contributed by atoms with Crippen molar-refractivity contribution in [1.82, 2.24) is 9.88 Å². The Bertz CT molecular complexity index is 518. The molecule has 0 bridgehead atoms. The number of nitrogens with one attached hydrogen (secondary N) is 1. The number of nitro groups is 1. The number of carbonyl (C=O) groups is 1. The van der Waals surface area contributed by atoms with Gasteiger partial charge in [0.1, 0.15) is 0 Å². The van der Waals surface area contributed by atoms with Gasteiger partial charge in [-0.3, -0.25) is 14.9 Å². The molecule has 1 aromatic heterocycles. The highest BCUT2D eigenvalue weighted by Gasteiger charge is 2.26. The number of aryl methyl sites for hydroxylation is 1. The molecule has 7 nitrogen and oxygen atoms in total. The van der Waals surface area contributed by atoms with Gasteiger partial charge in [-0.2, -0.15) is 0 Å². The molecule has 1 saturated heterocycles. The molecular weight excluding hydrogens is 248 g/mol. The van der Waals surface area contributed by atoms with Crippen molar-refractivity contribution in [3.63, 3.8) is 0 Å². The summed E-state index contributed by atoms with van der Waals surface area (Å²) in [6, 6.07) is 1.50. The fourth-order valence-corrected chi connectivity index (χ4v) is 2.15. The van der Waals surface area contributed by atoms with Crippen LogP contribution in [0.2, 0.25) is 0 Å². The molecule has 1 fully saturated rings. The average Bonchev–Trinajstić information content (AvgIpc) is 2.33. The molecule has 0 spiro atoms. The molecule has 1 aliphatic heterocycles. The van der Waals surface area contributed by atoms with Gasteiger partial charge >= 0.3 is 5.69 Å². The number of hydrogen-bond acceptors (Lipinski definition) is 5. The summed E-state index contributed by atoms with van der Waals surface area (Å²) in [5.41, 5.74) is 0.538. The second-order valence-electron chi connectivity index (χ2n) is 4.73. The van der Waals surface area contributed by atoms with E-state index in [4.69, 9.17) is 0 Å². The van der Waals surface area contributed by atoms with Gasteiger partial charge in [-0.15, -0.1) is 0 Å². The van der Waals surface area contributed by atoms with E-state index in [0.717, 1.165) is 6.42 Å². The van der Waals surface area contributed by atoms with Crippen molar-refractivity contribution in [2.75, 3.05) is 18.9 Å². The highest BCUT2D eigenvalue weighted by molar-refractivity contribution is 5.78. The minimum atomic E-state index is -0.443. The Morgan fingerprint density at radius 1 is 1.58 bits per heavy atom. The van der Waals surface area contributed by atoms with Gasteiger partial charge in [0.2, 0.25) is 11.7 Å². The highest BCUT2D eigenvalue weighted by Crippen LogP contribution is 2.27. The largest absolute Gasteiger partial charge is 0.361 e. The van der Waals surface area contributed by atoms with Crippen molar-refractivity contribution in [1.29, 1.82) is 0 Å². The molecule has 0 aromatic carbocycles. The monoisotopic (exact) mass is 264 g/mol. The van der Waals surface area contributed by atoms with Gasteiger partial charge in [0.15, 0.2) is 0 Å². The van der Waals surface area contributed by atoms with Gasteiger partial charge in [-0.05, 0) is 19.4 Å². The maximum atomic E-state index is 11.6. The number of likely N-dealkylation sites (tertiary alicyclic amines) is 1. The van der Waals surface area contributed by atoms with Gasteiger partial charge < -0.3 is 10.2 Å². The minimum Gasteiger partial charge on any atom is -0.361 e. The summed E-state index contributed by atoms with van der Waals surface area (Å²) in [4.78, 5) is 27.9. The Kier molecular flexibility index (Phi) is 3.64. The topological polar surface area (TPSA) is 88.4 Å². The molecule has 2 heterocycles. The van der Waals surface area contributed by atoms with Crippen LogP contribution in [0.5, 0.6) is 0 Å². The van der Waals surface area contributed by atoms with Crippen LogP contribution in [-0.2, 0) is 4.79 Å². The lowest BCUT2D eigenvalue weighted by molar-refractivity contribution is -0.384. The van der Waals surface area contributed by atoms with Crippen LogP contribution in [0.3, 0.4) is 0 Å². The quantitative estimate of drug-likeness (QED) is 0.657. The first kappa shape index (κ1) is 13.3. The molecule has 2 rings (SSSR count). The number of nitrogens with zero attached hydrogens (tertiary/aromatic N) is 3. The fourth-order valence-electron chi connectivity index (χ4n) is 2.15. The van der Waals surface area contributed by atoms with Crippen LogP contribution in [0.4, 0.5) is 11.5 Å². The summed E-state index contributed by atoms with van der Waals surface area (Å²) in [5.74, 6) is 0.284. The minimum absolute atomic E-state index is 0.0196. The number of carbonyl (C=O) groups excluding carboxylic acids is 1. The number of anilines is 1. The van der Waals surface area contributed by atoms with Gasteiger partial charge in [-0.1, -0.05) is 0 Å². The number of rotatable bonds is 3. The predicted octanol–water partition coefficient (Wildman–Crippen LogP) is 1.33. The number of pyridine rings is 1. The lowest BCUT2D eigenvalue weighted by Gasteiger charge is -2.29. The third kappa shape index (κ3) is 2.81. The van der Waals surface area contributed by atoms with E-state index in [9.17, 15) is 14.9 Å².